The van der Waals surface area contributed by atoms with Crippen LogP contribution in [0.4, 0.5) is 34.2 Å². The van der Waals surface area contributed by atoms with Crippen LogP contribution >= 0.6 is 22.7 Å². The molecule has 0 saturated heterocycles. The van der Waals surface area contributed by atoms with E-state index in [1.807, 2.05) is 0 Å². The molecule has 2 aromatic heterocycles. The first-order chi connectivity index (χ1) is 28.0. The first-order valence-electron chi connectivity index (χ1n) is 19.2. The molecule has 0 fully saturated rings. The summed E-state index contributed by atoms with van der Waals surface area (Å²) >= 11 is 2.26. The largest absolute Gasteiger partial charge is 0.519 e. The Bertz CT molecular complexity index is 1770. The molecule has 2 unspecified atom stereocenters. The molecular formula is C39H64N6O15S2. The average Bonchev–Trinajstić information content (AvgIpc) is 3.67. The highest BCUT2D eigenvalue weighted by Gasteiger charge is 2.31. The van der Waals surface area contributed by atoms with E-state index in [2.05, 4.69) is 30.7 Å². The van der Waals surface area contributed by atoms with Gasteiger partial charge in [-0.3, -0.25) is 5.32 Å². The Morgan fingerprint density at radius 1 is 0.548 bits per heavy atom. The summed E-state index contributed by atoms with van der Waals surface area (Å²) in [7, 11) is 0. The van der Waals surface area contributed by atoms with E-state index >= 15 is 0 Å². The lowest BCUT2D eigenvalue weighted by molar-refractivity contribution is -0.146. The molecule has 0 aliphatic carbocycles. The van der Waals surface area contributed by atoms with Gasteiger partial charge in [0, 0.05) is 10.8 Å². The summed E-state index contributed by atoms with van der Waals surface area (Å²) in [4.78, 5) is 89.9. The van der Waals surface area contributed by atoms with Crippen LogP contribution in [0.2, 0.25) is 0 Å². The molecule has 0 bridgehead atoms. The molecule has 23 heteroatoms. The van der Waals surface area contributed by atoms with Gasteiger partial charge in [-0.05, 0) is 118 Å². The number of nitrogens with one attached hydrogen (secondary N) is 3. The van der Waals surface area contributed by atoms with Gasteiger partial charge in [0.1, 0.15) is 28.0 Å². The van der Waals surface area contributed by atoms with Gasteiger partial charge in [0.2, 0.25) is 0 Å². The number of amides is 3. The Morgan fingerprint density at radius 3 is 1.21 bits per heavy atom. The Kier molecular flexibility index (Phi) is 22.1. The second-order valence-electron chi connectivity index (χ2n) is 17.5. The number of hydrogen-bond donors (Lipinski definition) is 4. The van der Waals surface area contributed by atoms with Crippen molar-refractivity contribution in [1.29, 1.82) is 0 Å². The molecule has 0 aliphatic rings. The first-order valence-corrected chi connectivity index (χ1v) is 20.9. The van der Waals surface area contributed by atoms with Gasteiger partial charge in [-0.1, -0.05) is 0 Å². The lowest BCUT2D eigenvalue weighted by Crippen LogP contribution is -2.39. The van der Waals surface area contributed by atoms with Gasteiger partial charge in [-0.25, -0.2) is 43.5 Å². The molecule has 2 atom stereocenters. The van der Waals surface area contributed by atoms with Crippen LogP contribution in [0.25, 0.3) is 0 Å². The SMILES string of the molecule is CC(C)(C)OC(=O)OC(=O)OC(C)(C)C.CCOC(=O)C(NC(=O)OC(C)(C)C)c1csc(N)n1.CCOC(=O)C(NC(=O)OC(C)(C)C)c1csc(NC(=O)OC(C)(C)C)n1. The molecule has 21 nitrogen and oxygen atoms in total. The van der Waals surface area contributed by atoms with Gasteiger partial charge in [0.25, 0.3) is 0 Å². The molecule has 62 heavy (non-hydrogen) atoms. The van der Waals surface area contributed by atoms with Crippen molar-refractivity contribution in [2.24, 2.45) is 0 Å². The molecule has 0 radical (unpaired) electrons. The number of carbonyl (C=O) groups excluding carboxylic acids is 7. The fourth-order valence-corrected chi connectivity index (χ4v) is 5.03. The third-order valence-electron chi connectivity index (χ3n) is 5.57. The minimum Gasteiger partial charge on any atom is -0.464 e. The number of nitrogen functional groups attached to an aromatic ring is 1. The molecule has 0 saturated carbocycles. The minimum absolute atomic E-state index is 0.137. The highest BCUT2D eigenvalue weighted by molar-refractivity contribution is 7.14. The van der Waals surface area contributed by atoms with Crippen LogP contribution in [0.3, 0.4) is 0 Å². The fraction of sp³-hybridized carbons (Fsp3) is 0.667. The lowest BCUT2D eigenvalue weighted by atomic mass is 10.2. The molecule has 2 rings (SSSR count). The summed E-state index contributed by atoms with van der Waals surface area (Å²) < 4.78 is 39.1. The second kappa shape index (κ2) is 24.3. The van der Waals surface area contributed by atoms with Crippen molar-refractivity contribution in [3.05, 3.63) is 22.1 Å². The first kappa shape index (κ1) is 56.5. The smallest absolute Gasteiger partial charge is 0.464 e. The van der Waals surface area contributed by atoms with E-state index in [1.54, 1.807) is 123 Å². The molecule has 5 N–H and O–H groups in total. The maximum absolute atomic E-state index is 12.2. The number of aromatic nitrogens is 2. The Labute approximate surface area is 370 Å². The molecular weight excluding hydrogens is 857 g/mol. The van der Waals surface area contributed by atoms with Crippen molar-refractivity contribution in [3.8, 4) is 0 Å². The number of anilines is 2. The Hall–Kier alpha value is -5.45. The number of rotatable bonds is 9. The maximum Gasteiger partial charge on any atom is 0.519 e. The molecule has 0 aromatic carbocycles. The van der Waals surface area contributed by atoms with Crippen LogP contribution < -0.4 is 21.7 Å². The molecule has 0 spiro atoms. The lowest BCUT2D eigenvalue weighted by Gasteiger charge is -2.22. The third-order valence-corrected chi connectivity index (χ3v) is 7.04. The summed E-state index contributed by atoms with van der Waals surface area (Å²) in [6, 6.07) is -2.19. The number of nitrogens with zero attached hydrogens (tertiary/aromatic N) is 2. The van der Waals surface area contributed by atoms with E-state index in [-0.39, 0.29) is 24.0 Å². The zero-order chi connectivity index (χ0) is 48.4. The van der Waals surface area contributed by atoms with Crippen molar-refractivity contribution in [3.63, 3.8) is 0 Å². The minimum atomic E-state index is -1.16. The van der Waals surface area contributed by atoms with Crippen LogP contribution in [0.15, 0.2) is 10.8 Å². The van der Waals surface area contributed by atoms with Gasteiger partial charge in [0.15, 0.2) is 22.3 Å². The van der Waals surface area contributed by atoms with Crippen LogP contribution in [-0.4, -0.2) is 93.7 Å². The second-order valence-corrected chi connectivity index (χ2v) is 19.3. The quantitative estimate of drug-likeness (QED) is 0.104. The van der Waals surface area contributed by atoms with E-state index < -0.39 is 82.6 Å². The highest BCUT2D eigenvalue weighted by Crippen LogP contribution is 2.24. The zero-order valence-corrected chi connectivity index (χ0v) is 40.3. The topological polar surface area (TPSA) is 281 Å². The van der Waals surface area contributed by atoms with E-state index in [0.717, 1.165) is 11.3 Å². The summed E-state index contributed by atoms with van der Waals surface area (Å²) in [6.45, 7) is 29.2. The van der Waals surface area contributed by atoms with Crippen molar-refractivity contribution >= 4 is 75.5 Å². The van der Waals surface area contributed by atoms with E-state index in [1.165, 1.54) is 16.7 Å². The van der Waals surface area contributed by atoms with Crippen LogP contribution in [0.5, 0.6) is 0 Å². The standard InChI is InChI=1S/C17H27N3O6S.C12H19N3O4S.C10H18O5/c1-8-24-12(21)11(19-14(22)25-16(2,3)4)10-9-27-13(18-10)20-15(23)26-17(5,6)7;1-5-18-9(16)8(7-6-20-10(13)14-7)15-11(17)19-12(2,3)4;1-9(2,3)14-7(11)13-8(12)15-10(4,5)6/h9,11H,8H2,1-7H3,(H,19,22)(H,18,20,23);6,8H,5H2,1-4H3,(H2,13,14)(H,15,17);1-6H3. The number of carbonyl (C=O) groups is 7. The van der Waals surface area contributed by atoms with Gasteiger partial charge in [-0.2, -0.15) is 0 Å². The predicted octanol–water partition coefficient (Wildman–Crippen LogP) is 8.35. The van der Waals surface area contributed by atoms with Gasteiger partial charge in [0.05, 0.1) is 24.6 Å². The van der Waals surface area contributed by atoms with E-state index in [0.29, 0.717) is 10.8 Å². The van der Waals surface area contributed by atoms with Crippen LogP contribution in [-0.2, 0) is 47.5 Å². The normalized spacial score (nSPS) is 12.5. The summed E-state index contributed by atoms with van der Waals surface area (Å²) in [5.74, 6) is -1.29. The molecule has 3 amide bonds. The summed E-state index contributed by atoms with van der Waals surface area (Å²) in [6.07, 6.45) is -4.29. The van der Waals surface area contributed by atoms with Crippen molar-refractivity contribution in [1.82, 2.24) is 20.6 Å². The Balaban J connectivity index is 0.000000943. The number of esters is 2. The Morgan fingerprint density at radius 2 is 0.887 bits per heavy atom. The molecule has 2 heterocycles. The average molecular weight is 921 g/mol. The molecule has 0 aliphatic heterocycles. The summed E-state index contributed by atoms with van der Waals surface area (Å²) in [5, 5.41) is 11.0. The van der Waals surface area contributed by atoms with E-state index in [4.69, 9.17) is 38.9 Å². The van der Waals surface area contributed by atoms with Crippen molar-refractivity contribution < 1.29 is 71.5 Å². The third kappa shape index (κ3) is 27.4. The number of thiazole rings is 2. The van der Waals surface area contributed by atoms with Crippen LogP contribution in [0, 0.1) is 0 Å². The van der Waals surface area contributed by atoms with Crippen LogP contribution in [0.1, 0.15) is 141 Å². The number of alkyl carbamates (subject to hydrolysis) is 2. The zero-order valence-electron chi connectivity index (χ0n) is 38.6. The number of hydrogen-bond acceptors (Lipinski definition) is 20. The fourth-order valence-electron chi connectivity index (χ4n) is 3.72. The molecule has 352 valence electrons. The molecule has 2 aromatic rings. The monoisotopic (exact) mass is 920 g/mol. The number of nitrogens with two attached hydrogens (primary N) is 1. The number of ether oxygens (including phenoxy) is 8. The van der Waals surface area contributed by atoms with Crippen molar-refractivity contribution in [2.75, 3.05) is 24.3 Å². The van der Waals surface area contributed by atoms with E-state index in [9.17, 15) is 33.6 Å². The predicted molar refractivity (Wildman–Crippen MR) is 230 cm³/mol. The van der Waals surface area contributed by atoms with Gasteiger partial charge < -0.3 is 54.3 Å². The highest BCUT2D eigenvalue weighted by atomic mass is 32.1. The maximum atomic E-state index is 12.2. The van der Waals surface area contributed by atoms with Crippen molar-refractivity contribution in [2.45, 2.75) is 158 Å². The van der Waals surface area contributed by atoms with Gasteiger partial charge in [-0.15, -0.1) is 22.7 Å². The summed E-state index contributed by atoms with van der Waals surface area (Å²) in [5.41, 5.74) is 2.65. The van der Waals surface area contributed by atoms with Gasteiger partial charge >= 0.3 is 42.5 Å².